The Morgan fingerprint density at radius 3 is 2.80 bits per heavy atom. The van der Waals surface area contributed by atoms with Crippen LogP contribution in [0.15, 0.2) is 58.8 Å². The molecule has 1 N–H and O–H groups in total. The third-order valence-corrected chi connectivity index (χ3v) is 5.13. The van der Waals surface area contributed by atoms with Gasteiger partial charge in [0.25, 0.3) is 5.56 Å². The smallest absolute Gasteiger partial charge is 0.279 e. The van der Waals surface area contributed by atoms with Crippen molar-refractivity contribution in [1.29, 1.82) is 0 Å². The van der Waals surface area contributed by atoms with Crippen LogP contribution >= 0.6 is 11.3 Å². The molecule has 0 aliphatic rings. The summed E-state index contributed by atoms with van der Waals surface area (Å²) in [5.74, 6) is -0.104. The normalized spacial score (nSPS) is 11.1. The lowest BCUT2D eigenvalue weighted by Crippen LogP contribution is -2.24. The van der Waals surface area contributed by atoms with Gasteiger partial charge in [-0.1, -0.05) is 30.3 Å². The fraction of sp³-hybridized carbons (Fsp3) is 0.105. The summed E-state index contributed by atoms with van der Waals surface area (Å²) in [5, 5.41) is 9.92. The van der Waals surface area contributed by atoms with Crippen LogP contribution in [0.2, 0.25) is 0 Å². The molecule has 6 heteroatoms. The van der Waals surface area contributed by atoms with Crippen molar-refractivity contribution in [2.75, 3.05) is 7.05 Å². The first-order valence-corrected chi connectivity index (χ1v) is 8.74. The molecule has 0 bridgehead atoms. The van der Waals surface area contributed by atoms with Crippen molar-refractivity contribution in [1.82, 2.24) is 14.9 Å². The fourth-order valence-electron chi connectivity index (χ4n) is 2.96. The fourth-order valence-corrected chi connectivity index (χ4v) is 3.90. The number of aromatic nitrogens is 2. The van der Waals surface area contributed by atoms with Gasteiger partial charge < -0.3 is 5.32 Å². The molecular weight excluding hydrogens is 334 g/mol. The predicted octanol–water partition coefficient (Wildman–Crippen LogP) is 2.86. The second-order valence-electron chi connectivity index (χ2n) is 5.71. The van der Waals surface area contributed by atoms with Crippen LogP contribution < -0.4 is 10.9 Å². The minimum absolute atomic E-state index is 0.104. The maximum Gasteiger partial charge on any atom is 0.279 e. The number of likely N-dealkylation sites (N-methyl/N-ethyl adjacent to an activating group) is 1. The van der Waals surface area contributed by atoms with Crippen LogP contribution in [0.1, 0.15) is 5.56 Å². The second-order valence-corrected chi connectivity index (χ2v) is 6.63. The van der Waals surface area contributed by atoms with E-state index in [1.54, 1.807) is 24.6 Å². The summed E-state index contributed by atoms with van der Waals surface area (Å²) in [6.45, 7) is 0. The minimum Gasteiger partial charge on any atom is -0.359 e. The zero-order valence-corrected chi connectivity index (χ0v) is 14.3. The van der Waals surface area contributed by atoms with E-state index in [1.807, 2.05) is 47.8 Å². The Kier molecular flexibility index (Phi) is 3.82. The zero-order valence-electron chi connectivity index (χ0n) is 13.5. The lowest BCUT2D eigenvalue weighted by Gasteiger charge is -2.11. The molecule has 0 aliphatic heterocycles. The Bertz CT molecular complexity index is 1150. The van der Waals surface area contributed by atoms with E-state index in [4.69, 9.17) is 0 Å². The van der Waals surface area contributed by atoms with E-state index in [-0.39, 0.29) is 17.9 Å². The highest BCUT2D eigenvalue weighted by Gasteiger charge is 2.16. The van der Waals surface area contributed by atoms with E-state index in [9.17, 15) is 9.59 Å². The number of amides is 1. The van der Waals surface area contributed by atoms with Crippen LogP contribution in [0, 0.1) is 0 Å². The van der Waals surface area contributed by atoms with Gasteiger partial charge in [0, 0.05) is 18.0 Å². The van der Waals surface area contributed by atoms with E-state index in [1.165, 1.54) is 4.52 Å². The molecule has 3 aromatic heterocycles. The summed E-state index contributed by atoms with van der Waals surface area (Å²) >= 11 is 1.54. The summed E-state index contributed by atoms with van der Waals surface area (Å²) < 4.78 is 2.38. The van der Waals surface area contributed by atoms with Crippen molar-refractivity contribution in [3.05, 3.63) is 70.0 Å². The lowest BCUT2D eigenvalue weighted by atomic mass is 10.0. The second kappa shape index (κ2) is 6.14. The van der Waals surface area contributed by atoms with Crippen LogP contribution in [0.5, 0.6) is 0 Å². The first kappa shape index (κ1) is 15.5. The average Bonchev–Trinajstić information content (AvgIpc) is 3.13. The summed E-state index contributed by atoms with van der Waals surface area (Å²) in [6.07, 6.45) is 1.89. The van der Waals surface area contributed by atoms with E-state index in [0.717, 1.165) is 21.2 Å². The molecule has 4 rings (SSSR count). The number of benzene rings is 1. The maximum atomic E-state index is 13.0. The van der Waals surface area contributed by atoms with Crippen LogP contribution in [-0.4, -0.2) is 22.6 Å². The molecule has 0 saturated heterocycles. The van der Waals surface area contributed by atoms with Gasteiger partial charge in [-0.05, 0) is 28.6 Å². The molecule has 25 heavy (non-hydrogen) atoms. The van der Waals surface area contributed by atoms with E-state index in [2.05, 4.69) is 10.4 Å². The van der Waals surface area contributed by atoms with Crippen molar-refractivity contribution in [2.24, 2.45) is 0 Å². The van der Waals surface area contributed by atoms with Crippen molar-refractivity contribution in [3.8, 4) is 11.1 Å². The molecular formula is C19H15N3O2S. The standard InChI is InChI=1S/C19H15N3O2S/c1-20-16(23)10-14-9-15(12-5-3-2-4-6-12)19(24)22-17(14)18-13(11-21-22)7-8-25-18/h2-9,11H,10H2,1H3,(H,20,23). The molecule has 4 aromatic rings. The van der Waals surface area contributed by atoms with Gasteiger partial charge >= 0.3 is 0 Å². The highest BCUT2D eigenvalue weighted by molar-refractivity contribution is 7.18. The van der Waals surface area contributed by atoms with Crippen molar-refractivity contribution in [2.45, 2.75) is 6.42 Å². The Morgan fingerprint density at radius 1 is 1.24 bits per heavy atom. The number of nitrogens with one attached hydrogen (secondary N) is 1. The molecule has 3 heterocycles. The minimum atomic E-state index is -0.183. The number of nitrogens with zero attached hydrogens (tertiary/aromatic N) is 2. The van der Waals surface area contributed by atoms with Crippen LogP contribution in [0.25, 0.3) is 26.7 Å². The van der Waals surface area contributed by atoms with Crippen LogP contribution in [0.4, 0.5) is 0 Å². The van der Waals surface area contributed by atoms with Crippen molar-refractivity contribution >= 4 is 32.8 Å². The van der Waals surface area contributed by atoms with Gasteiger partial charge in [0.1, 0.15) is 0 Å². The number of carbonyl (C=O) groups is 1. The molecule has 0 saturated carbocycles. The van der Waals surface area contributed by atoms with Gasteiger partial charge in [-0.25, -0.2) is 0 Å². The highest BCUT2D eigenvalue weighted by atomic mass is 32.1. The summed E-state index contributed by atoms with van der Waals surface area (Å²) in [5.41, 5.74) is 2.67. The summed E-state index contributed by atoms with van der Waals surface area (Å²) in [6, 6.07) is 13.2. The van der Waals surface area contributed by atoms with Gasteiger partial charge in [0.2, 0.25) is 5.91 Å². The Hall–Kier alpha value is -2.99. The largest absolute Gasteiger partial charge is 0.359 e. The summed E-state index contributed by atoms with van der Waals surface area (Å²) in [4.78, 5) is 25.0. The monoisotopic (exact) mass is 349 g/mol. The number of rotatable bonds is 3. The van der Waals surface area contributed by atoms with Crippen LogP contribution in [0.3, 0.4) is 0 Å². The van der Waals surface area contributed by atoms with Gasteiger partial charge in [0.05, 0.1) is 22.8 Å². The highest BCUT2D eigenvalue weighted by Crippen LogP contribution is 2.28. The predicted molar refractivity (Wildman–Crippen MR) is 100 cm³/mol. The number of carbonyl (C=O) groups excluding carboxylic acids is 1. The Labute approximate surface area is 147 Å². The number of hydrogen-bond donors (Lipinski definition) is 1. The lowest BCUT2D eigenvalue weighted by molar-refractivity contribution is -0.119. The van der Waals surface area contributed by atoms with Gasteiger partial charge in [0.15, 0.2) is 0 Å². The van der Waals surface area contributed by atoms with Gasteiger partial charge in [-0.15, -0.1) is 11.3 Å². The van der Waals surface area contributed by atoms with Gasteiger partial charge in [-0.3, -0.25) is 9.59 Å². The van der Waals surface area contributed by atoms with E-state index in [0.29, 0.717) is 11.1 Å². The molecule has 1 aromatic carbocycles. The first-order valence-electron chi connectivity index (χ1n) is 7.86. The van der Waals surface area contributed by atoms with E-state index < -0.39 is 0 Å². The Balaban J connectivity index is 2.10. The topological polar surface area (TPSA) is 63.5 Å². The molecule has 0 unspecified atom stereocenters. The molecule has 0 fully saturated rings. The molecule has 0 radical (unpaired) electrons. The number of fused-ring (bicyclic) bond motifs is 3. The van der Waals surface area contributed by atoms with E-state index >= 15 is 0 Å². The molecule has 0 atom stereocenters. The number of thiophene rings is 1. The SMILES string of the molecule is CNC(=O)Cc1cc(-c2ccccc2)c(=O)n2ncc3ccsc3c12. The van der Waals surface area contributed by atoms with Crippen LogP contribution in [-0.2, 0) is 11.2 Å². The zero-order chi connectivity index (χ0) is 17.4. The average molecular weight is 349 g/mol. The maximum absolute atomic E-state index is 13.0. The third kappa shape index (κ3) is 2.60. The molecule has 124 valence electrons. The third-order valence-electron chi connectivity index (χ3n) is 4.20. The van der Waals surface area contributed by atoms with Gasteiger partial charge in [-0.2, -0.15) is 9.61 Å². The molecule has 0 aliphatic carbocycles. The molecule has 1 amide bonds. The molecule has 5 nitrogen and oxygen atoms in total. The van der Waals surface area contributed by atoms with Crippen molar-refractivity contribution < 1.29 is 4.79 Å². The molecule has 0 spiro atoms. The Morgan fingerprint density at radius 2 is 2.04 bits per heavy atom. The summed E-state index contributed by atoms with van der Waals surface area (Å²) in [7, 11) is 1.61. The first-order chi connectivity index (χ1) is 12.2. The van der Waals surface area contributed by atoms with Crippen molar-refractivity contribution in [3.63, 3.8) is 0 Å². The number of hydrogen-bond acceptors (Lipinski definition) is 4. The quantitative estimate of drug-likeness (QED) is 0.619. The number of pyridine rings is 1.